The molecule has 4 aliphatic rings. The van der Waals surface area contributed by atoms with E-state index in [1.54, 1.807) is 0 Å². The number of benzene rings is 1. The summed E-state index contributed by atoms with van der Waals surface area (Å²) >= 11 is 0. The van der Waals surface area contributed by atoms with Crippen molar-refractivity contribution < 1.29 is 14.2 Å². The van der Waals surface area contributed by atoms with E-state index in [0.29, 0.717) is 19.8 Å². The van der Waals surface area contributed by atoms with E-state index in [2.05, 4.69) is 63.3 Å². The van der Waals surface area contributed by atoms with Gasteiger partial charge in [-0.15, -0.1) is 0 Å². The first-order chi connectivity index (χ1) is 10.9. The molecule has 0 saturated carbocycles. The SMILES string of the molecule is Cc1ccc(C23COC(C4=CCC(C)(C)C=C4)(OC2)OC3)cc1. The summed E-state index contributed by atoms with van der Waals surface area (Å²) in [6.07, 6.45) is 7.46. The number of hydrogen-bond acceptors (Lipinski definition) is 3. The van der Waals surface area contributed by atoms with Crippen LogP contribution in [0.15, 0.2) is 48.1 Å². The van der Waals surface area contributed by atoms with E-state index < -0.39 is 5.97 Å². The quantitative estimate of drug-likeness (QED) is 0.829. The van der Waals surface area contributed by atoms with Crippen LogP contribution < -0.4 is 0 Å². The third-order valence-corrected chi connectivity index (χ3v) is 5.20. The number of ether oxygens (including phenoxy) is 3. The maximum atomic E-state index is 6.10. The van der Waals surface area contributed by atoms with Gasteiger partial charge >= 0.3 is 5.97 Å². The van der Waals surface area contributed by atoms with E-state index in [0.717, 1.165) is 12.0 Å². The van der Waals surface area contributed by atoms with Gasteiger partial charge in [-0.1, -0.05) is 61.9 Å². The molecule has 0 spiro atoms. The molecule has 0 amide bonds. The van der Waals surface area contributed by atoms with Crippen LogP contribution in [0.1, 0.15) is 31.4 Å². The highest BCUT2D eigenvalue weighted by molar-refractivity contribution is 5.35. The van der Waals surface area contributed by atoms with Gasteiger partial charge in [0.25, 0.3) is 0 Å². The third-order valence-electron chi connectivity index (χ3n) is 5.20. The predicted octanol–water partition coefficient (Wildman–Crippen LogP) is 3.88. The van der Waals surface area contributed by atoms with Crippen LogP contribution in [-0.4, -0.2) is 25.8 Å². The second-order valence-corrected chi connectivity index (χ2v) is 7.75. The van der Waals surface area contributed by atoms with Gasteiger partial charge in [0.2, 0.25) is 0 Å². The van der Waals surface area contributed by atoms with Crippen molar-refractivity contribution in [1.82, 2.24) is 0 Å². The summed E-state index contributed by atoms with van der Waals surface area (Å²) in [5.41, 5.74) is 3.48. The molecule has 3 fully saturated rings. The Bertz CT molecular complexity index is 642. The average Bonchev–Trinajstić information content (AvgIpc) is 2.57. The van der Waals surface area contributed by atoms with Crippen LogP contribution in [0.4, 0.5) is 0 Å². The Morgan fingerprint density at radius 2 is 1.52 bits per heavy atom. The number of fused-ring (bicyclic) bond motifs is 3. The summed E-state index contributed by atoms with van der Waals surface area (Å²) < 4.78 is 18.3. The number of allylic oxidation sites excluding steroid dienone is 2. The number of aryl methyl sites for hydroxylation is 1. The fourth-order valence-corrected chi connectivity index (χ4v) is 3.41. The lowest BCUT2D eigenvalue weighted by atomic mass is 9.79. The molecule has 5 rings (SSSR count). The minimum atomic E-state index is -1.00. The van der Waals surface area contributed by atoms with E-state index >= 15 is 0 Å². The van der Waals surface area contributed by atoms with E-state index in [1.807, 2.05) is 0 Å². The van der Waals surface area contributed by atoms with Crippen molar-refractivity contribution in [3.63, 3.8) is 0 Å². The Hall–Kier alpha value is -1.42. The fraction of sp³-hybridized carbons (Fsp3) is 0.500. The standard InChI is InChI=1S/C20H24O3/c1-15-4-6-16(7-5-15)19-12-21-20(22-13-19,23-14-19)17-8-10-18(2,3)11-9-17/h4-10H,11-14H2,1-3H3. The minimum Gasteiger partial charge on any atom is -0.322 e. The lowest BCUT2D eigenvalue weighted by molar-refractivity contribution is -0.433. The zero-order valence-electron chi connectivity index (χ0n) is 14.1. The lowest BCUT2D eigenvalue weighted by Gasteiger charge is -2.52. The average molecular weight is 312 g/mol. The van der Waals surface area contributed by atoms with E-state index in [-0.39, 0.29) is 10.8 Å². The molecule has 3 nitrogen and oxygen atoms in total. The minimum absolute atomic E-state index is 0.187. The van der Waals surface area contributed by atoms with Crippen molar-refractivity contribution in [2.24, 2.45) is 5.41 Å². The maximum Gasteiger partial charge on any atom is 0.311 e. The first kappa shape index (κ1) is 15.1. The molecule has 0 atom stereocenters. The van der Waals surface area contributed by atoms with Gasteiger partial charge in [0.05, 0.1) is 25.2 Å². The summed E-state index contributed by atoms with van der Waals surface area (Å²) in [4.78, 5) is 0. The smallest absolute Gasteiger partial charge is 0.311 e. The van der Waals surface area contributed by atoms with Gasteiger partial charge in [-0.25, -0.2) is 0 Å². The molecule has 2 bridgehead atoms. The molecule has 0 radical (unpaired) electrons. The second-order valence-electron chi connectivity index (χ2n) is 7.75. The van der Waals surface area contributed by atoms with Crippen molar-refractivity contribution in [2.45, 2.75) is 38.6 Å². The molecule has 3 aliphatic heterocycles. The van der Waals surface area contributed by atoms with Crippen molar-refractivity contribution in [3.8, 4) is 0 Å². The Morgan fingerprint density at radius 3 is 2.04 bits per heavy atom. The summed E-state index contributed by atoms with van der Waals surface area (Å²) in [5, 5.41) is 0. The number of hydrogen-bond donors (Lipinski definition) is 0. The predicted molar refractivity (Wildman–Crippen MR) is 89.1 cm³/mol. The summed E-state index contributed by atoms with van der Waals surface area (Å²) in [7, 11) is 0. The van der Waals surface area contributed by atoms with E-state index in [4.69, 9.17) is 14.2 Å². The molecule has 0 aromatic heterocycles. The topological polar surface area (TPSA) is 27.7 Å². The summed E-state index contributed by atoms with van der Waals surface area (Å²) in [5.74, 6) is -1.00. The highest BCUT2D eigenvalue weighted by atomic mass is 16.9. The van der Waals surface area contributed by atoms with Gasteiger partial charge in [0.1, 0.15) is 0 Å². The van der Waals surface area contributed by atoms with Gasteiger partial charge in [-0.2, -0.15) is 0 Å². The van der Waals surface area contributed by atoms with Crippen LogP contribution in [0.5, 0.6) is 0 Å². The lowest BCUT2D eigenvalue weighted by Crippen LogP contribution is -2.62. The summed E-state index contributed by atoms with van der Waals surface area (Å²) in [6.45, 7) is 8.43. The Kier molecular flexibility index (Phi) is 3.31. The van der Waals surface area contributed by atoms with E-state index in [1.165, 1.54) is 11.1 Å². The summed E-state index contributed by atoms with van der Waals surface area (Å²) in [6, 6.07) is 8.59. The number of rotatable bonds is 2. The van der Waals surface area contributed by atoms with Crippen LogP contribution in [0.3, 0.4) is 0 Å². The maximum absolute atomic E-state index is 6.10. The molecule has 23 heavy (non-hydrogen) atoms. The first-order valence-corrected chi connectivity index (χ1v) is 8.32. The third kappa shape index (κ3) is 2.47. The van der Waals surface area contributed by atoms with Crippen LogP contribution in [0, 0.1) is 12.3 Å². The monoisotopic (exact) mass is 312 g/mol. The Morgan fingerprint density at radius 1 is 0.913 bits per heavy atom. The highest BCUT2D eigenvalue weighted by Gasteiger charge is 2.55. The molecule has 3 heteroatoms. The van der Waals surface area contributed by atoms with Gasteiger partial charge in [0, 0.05) is 5.57 Å². The normalized spacial score (nSPS) is 35.2. The van der Waals surface area contributed by atoms with Crippen LogP contribution >= 0.6 is 0 Å². The highest BCUT2D eigenvalue weighted by Crippen LogP contribution is 2.45. The molecule has 0 unspecified atom stereocenters. The van der Waals surface area contributed by atoms with Crippen molar-refractivity contribution >= 4 is 0 Å². The molecule has 1 aromatic rings. The Labute approximate surface area is 137 Å². The second kappa shape index (κ2) is 5.04. The zero-order valence-corrected chi connectivity index (χ0v) is 14.1. The van der Waals surface area contributed by atoms with Gasteiger partial charge in [-0.3, -0.25) is 0 Å². The molecular formula is C20H24O3. The molecule has 3 saturated heterocycles. The zero-order chi connectivity index (χ0) is 16.1. The van der Waals surface area contributed by atoms with Crippen LogP contribution in [-0.2, 0) is 19.6 Å². The van der Waals surface area contributed by atoms with Gasteiger partial charge in [-0.05, 0) is 24.3 Å². The molecule has 0 N–H and O–H groups in total. The molecule has 1 aliphatic carbocycles. The first-order valence-electron chi connectivity index (χ1n) is 8.32. The molecular weight excluding hydrogens is 288 g/mol. The van der Waals surface area contributed by atoms with Crippen LogP contribution in [0.2, 0.25) is 0 Å². The van der Waals surface area contributed by atoms with Crippen molar-refractivity contribution in [1.29, 1.82) is 0 Å². The molecule has 3 heterocycles. The van der Waals surface area contributed by atoms with Crippen molar-refractivity contribution in [3.05, 3.63) is 59.2 Å². The molecule has 1 aromatic carbocycles. The molecule has 122 valence electrons. The fourth-order valence-electron chi connectivity index (χ4n) is 3.41. The van der Waals surface area contributed by atoms with Crippen molar-refractivity contribution in [2.75, 3.05) is 19.8 Å². The Balaban J connectivity index is 1.56. The van der Waals surface area contributed by atoms with Crippen LogP contribution in [0.25, 0.3) is 0 Å². The van der Waals surface area contributed by atoms with E-state index in [9.17, 15) is 0 Å². The van der Waals surface area contributed by atoms with Gasteiger partial charge < -0.3 is 14.2 Å². The largest absolute Gasteiger partial charge is 0.322 e. The van der Waals surface area contributed by atoms with Gasteiger partial charge in [0.15, 0.2) is 0 Å².